The summed E-state index contributed by atoms with van der Waals surface area (Å²) < 4.78 is 0. The molecule has 1 atom stereocenters. The molecule has 0 aromatic heterocycles. The minimum atomic E-state index is -0.522. The Kier molecular flexibility index (Phi) is 6.23. The highest BCUT2D eigenvalue weighted by molar-refractivity contribution is 6.01. The molecule has 0 saturated carbocycles. The molecule has 1 amide bonds. The molecule has 6 nitrogen and oxygen atoms in total. The van der Waals surface area contributed by atoms with Crippen molar-refractivity contribution in [3.05, 3.63) is 80.9 Å². The van der Waals surface area contributed by atoms with Crippen molar-refractivity contribution < 1.29 is 9.72 Å². The fourth-order valence-electron chi connectivity index (χ4n) is 2.55. The highest BCUT2D eigenvalue weighted by Gasteiger charge is 2.16. The first-order chi connectivity index (χ1) is 12.5. The lowest BCUT2D eigenvalue weighted by molar-refractivity contribution is -0.385. The molecule has 2 aromatic carbocycles. The molecule has 26 heavy (non-hydrogen) atoms. The lowest BCUT2D eigenvalue weighted by Crippen LogP contribution is -2.27. The fraction of sp³-hybridized carbons (Fsp3) is 0.200. The Balaban J connectivity index is 2.24. The number of nitrogens with one attached hydrogen (secondary N) is 1. The van der Waals surface area contributed by atoms with E-state index < -0.39 is 10.8 Å². The predicted octanol–water partition coefficient (Wildman–Crippen LogP) is 3.94. The van der Waals surface area contributed by atoms with E-state index in [0.29, 0.717) is 17.5 Å². The lowest BCUT2D eigenvalue weighted by Gasteiger charge is -2.13. The number of benzene rings is 2. The second-order valence-electron chi connectivity index (χ2n) is 5.77. The summed E-state index contributed by atoms with van der Waals surface area (Å²) in [6.45, 7) is 3.65. The van der Waals surface area contributed by atoms with E-state index in [2.05, 4.69) is 5.32 Å². The zero-order valence-corrected chi connectivity index (χ0v) is 14.6. The number of aryl methyl sites for hydroxylation is 1. The van der Waals surface area contributed by atoms with Gasteiger partial charge in [-0.15, -0.1) is 0 Å². The van der Waals surface area contributed by atoms with Gasteiger partial charge in [0.05, 0.1) is 11.0 Å². The third-order valence-electron chi connectivity index (χ3n) is 4.01. The number of hydrogen-bond donors (Lipinski definition) is 1. The second kappa shape index (κ2) is 8.58. The molecule has 0 fully saturated rings. The molecule has 0 saturated heterocycles. The maximum Gasteiger partial charge on any atom is 0.273 e. The van der Waals surface area contributed by atoms with Crippen LogP contribution in [0, 0.1) is 21.4 Å². The van der Waals surface area contributed by atoms with Crippen LogP contribution in [0.5, 0.6) is 0 Å². The van der Waals surface area contributed by atoms with E-state index in [1.54, 1.807) is 12.1 Å². The number of rotatable bonds is 6. The number of amides is 1. The predicted molar refractivity (Wildman–Crippen MR) is 99.1 cm³/mol. The molecule has 0 aliphatic heterocycles. The maximum atomic E-state index is 12.4. The highest BCUT2D eigenvalue weighted by Crippen LogP contribution is 2.22. The SMILES string of the molecule is CCc1ccc(/C=C(\C#N)C(=O)N[C@H](C)c2ccccc2)cc1[N+](=O)[O-]. The van der Waals surface area contributed by atoms with Crippen LogP contribution in [-0.4, -0.2) is 10.8 Å². The smallest absolute Gasteiger partial charge is 0.273 e. The molecule has 0 aliphatic rings. The van der Waals surface area contributed by atoms with Gasteiger partial charge >= 0.3 is 0 Å². The van der Waals surface area contributed by atoms with E-state index in [9.17, 15) is 20.2 Å². The molecular weight excluding hydrogens is 330 g/mol. The van der Waals surface area contributed by atoms with Gasteiger partial charge in [-0.25, -0.2) is 0 Å². The summed E-state index contributed by atoms with van der Waals surface area (Å²) in [5.41, 5.74) is 1.84. The highest BCUT2D eigenvalue weighted by atomic mass is 16.6. The van der Waals surface area contributed by atoms with Gasteiger partial charge in [0.1, 0.15) is 11.6 Å². The zero-order chi connectivity index (χ0) is 19.1. The summed E-state index contributed by atoms with van der Waals surface area (Å²) in [6, 6.07) is 15.7. The summed E-state index contributed by atoms with van der Waals surface area (Å²) in [7, 11) is 0. The normalized spacial score (nSPS) is 12.1. The first kappa shape index (κ1) is 18.9. The number of carbonyl (C=O) groups is 1. The maximum absolute atomic E-state index is 12.4. The van der Waals surface area contributed by atoms with Gasteiger partial charge in [-0.05, 0) is 30.5 Å². The molecule has 0 aliphatic carbocycles. The third-order valence-corrected chi connectivity index (χ3v) is 4.01. The molecule has 0 heterocycles. The largest absolute Gasteiger partial charge is 0.345 e. The third kappa shape index (κ3) is 4.54. The van der Waals surface area contributed by atoms with Crippen molar-refractivity contribution in [2.45, 2.75) is 26.3 Å². The van der Waals surface area contributed by atoms with Gasteiger partial charge in [-0.3, -0.25) is 14.9 Å². The van der Waals surface area contributed by atoms with Crippen molar-refractivity contribution in [2.24, 2.45) is 0 Å². The van der Waals surface area contributed by atoms with Crippen LogP contribution in [0.1, 0.15) is 36.6 Å². The summed E-state index contributed by atoms with van der Waals surface area (Å²) >= 11 is 0. The van der Waals surface area contributed by atoms with Gasteiger partial charge in [-0.2, -0.15) is 5.26 Å². The summed E-state index contributed by atoms with van der Waals surface area (Å²) in [5.74, 6) is -0.522. The van der Waals surface area contributed by atoms with E-state index in [-0.39, 0.29) is 17.3 Å². The van der Waals surface area contributed by atoms with E-state index in [0.717, 1.165) is 5.56 Å². The van der Waals surface area contributed by atoms with Gasteiger partial charge in [-0.1, -0.05) is 49.4 Å². The van der Waals surface area contributed by atoms with E-state index in [1.165, 1.54) is 12.1 Å². The van der Waals surface area contributed by atoms with Gasteiger partial charge in [0.15, 0.2) is 0 Å². The molecular formula is C20H19N3O3. The van der Waals surface area contributed by atoms with Crippen molar-refractivity contribution in [1.82, 2.24) is 5.32 Å². The number of nitriles is 1. The van der Waals surface area contributed by atoms with Gasteiger partial charge in [0, 0.05) is 11.6 Å². The van der Waals surface area contributed by atoms with Crippen LogP contribution in [0.15, 0.2) is 54.1 Å². The minimum Gasteiger partial charge on any atom is -0.345 e. The topological polar surface area (TPSA) is 96.0 Å². The quantitative estimate of drug-likeness (QED) is 0.370. The molecule has 0 spiro atoms. The molecule has 2 aromatic rings. The average Bonchev–Trinajstić information content (AvgIpc) is 2.66. The monoisotopic (exact) mass is 349 g/mol. The van der Waals surface area contributed by atoms with E-state index in [1.807, 2.05) is 50.2 Å². The Bertz CT molecular complexity index is 883. The summed E-state index contributed by atoms with van der Waals surface area (Å²) in [6.07, 6.45) is 1.89. The Labute approximate surface area is 151 Å². The fourth-order valence-corrected chi connectivity index (χ4v) is 2.55. The Morgan fingerprint density at radius 2 is 2.00 bits per heavy atom. The van der Waals surface area contributed by atoms with Crippen LogP contribution in [0.25, 0.3) is 6.08 Å². The average molecular weight is 349 g/mol. The second-order valence-corrected chi connectivity index (χ2v) is 5.77. The molecule has 6 heteroatoms. The van der Waals surface area contributed by atoms with E-state index >= 15 is 0 Å². The van der Waals surface area contributed by atoms with Crippen molar-refractivity contribution in [3.63, 3.8) is 0 Å². The Morgan fingerprint density at radius 1 is 1.31 bits per heavy atom. The standard InChI is InChI=1S/C20H19N3O3/c1-3-16-10-9-15(12-19(16)23(25)26)11-18(13-21)20(24)22-14(2)17-7-5-4-6-8-17/h4-12,14H,3H2,1-2H3,(H,22,24)/b18-11+/t14-/m1/s1. The number of hydrogen-bond acceptors (Lipinski definition) is 4. The first-order valence-electron chi connectivity index (χ1n) is 8.21. The Morgan fingerprint density at radius 3 is 2.58 bits per heavy atom. The summed E-state index contributed by atoms with van der Waals surface area (Å²) in [4.78, 5) is 23.1. The van der Waals surface area contributed by atoms with Crippen molar-refractivity contribution in [3.8, 4) is 6.07 Å². The number of carbonyl (C=O) groups excluding carboxylic acids is 1. The van der Waals surface area contributed by atoms with Crippen molar-refractivity contribution >= 4 is 17.7 Å². The van der Waals surface area contributed by atoms with E-state index in [4.69, 9.17) is 0 Å². The molecule has 2 rings (SSSR count). The van der Waals surface area contributed by atoms with Crippen LogP contribution >= 0.6 is 0 Å². The molecule has 0 radical (unpaired) electrons. The van der Waals surface area contributed by atoms with Gasteiger partial charge < -0.3 is 5.32 Å². The van der Waals surface area contributed by atoms with Gasteiger partial charge in [0.25, 0.3) is 11.6 Å². The minimum absolute atomic E-state index is 0.0170. The molecule has 1 N–H and O–H groups in total. The van der Waals surface area contributed by atoms with Crippen LogP contribution < -0.4 is 5.32 Å². The number of nitro groups is 1. The van der Waals surface area contributed by atoms with Crippen LogP contribution in [0.2, 0.25) is 0 Å². The van der Waals surface area contributed by atoms with Crippen LogP contribution in [0.4, 0.5) is 5.69 Å². The molecule has 132 valence electrons. The number of nitro benzene ring substituents is 1. The lowest BCUT2D eigenvalue weighted by atomic mass is 10.0. The van der Waals surface area contributed by atoms with Crippen molar-refractivity contribution in [2.75, 3.05) is 0 Å². The number of nitrogens with zero attached hydrogens (tertiary/aromatic N) is 2. The van der Waals surface area contributed by atoms with Crippen LogP contribution in [0.3, 0.4) is 0 Å². The van der Waals surface area contributed by atoms with Gasteiger partial charge in [0.2, 0.25) is 0 Å². The molecule has 0 bridgehead atoms. The Hall–Kier alpha value is -3.46. The first-order valence-corrected chi connectivity index (χ1v) is 8.21. The van der Waals surface area contributed by atoms with Crippen molar-refractivity contribution in [1.29, 1.82) is 5.26 Å². The zero-order valence-electron chi connectivity index (χ0n) is 14.6. The summed E-state index contributed by atoms with van der Waals surface area (Å²) in [5, 5.41) is 23.2. The van der Waals surface area contributed by atoms with Crippen LogP contribution in [-0.2, 0) is 11.2 Å². The molecule has 0 unspecified atom stereocenters.